The Morgan fingerprint density at radius 2 is 1.90 bits per heavy atom. The molecule has 0 fully saturated rings. The maximum Gasteiger partial charge on any atom is 0.126 e. The van der Waals surface area contributed by atoms with Crippen LogP contribution < -0.4 is 10.6 Å². The van der Waals surface area contributed by atoms with Crippen molar-refractivity contribution in [1.82, 2.24) is 5.32 Å². The summed E-state index contributed by atoms with van der Waals surface area (Å²) in [4.78, 5) is 0. The Morgan fingerprint density at radius 1 is 1.05 bits per heavy atom. The van der Waals surface area contributed by atoms with E-state index in [0.29, 0.717) is 0 Å². The summed E-state index contributed by atoms with van der Waals surface area (Å²) in [6, 6.07) is 13.5. The van der Waals surface area contributed by atoms with Crippen LogP contribution in [-0.4, -0.2) is 13.1 Å². The van der Waals surface area contributed by atoms with Gasteiger partial charge in [-0.05, 0) is 48.6 Å². The second-order valence-electron chi connectivity index (χ2n) is 5.50. The standard InChI is InChI=1S/C18H21FN2/c19-17-9-2-1-5-14(17)10-12-20-13-16-7-3-6-15-8-4-11-21-18(15)16/h1-3,5-7,9,20-21H,4,8,10-13H2. The van der Waals surface area contributed by atoms with E-state index in [1.807, 2.05) is 12.1 Å². The lowest BCUT2D eigenvalue weighted by Gasteiger charge is -2.21. The van der Waals surface area contributed by atoms with Gasteiger partial charge >= 0.3 is 0 Å². The van der Waals surface area contributed by atoms with E-state index in [0.717, 1.165) is 38.0 Å². The van der Waals surface area contributed by atoms with Crippen molar-refractivity contribution < 1.29 is 4.39 Å². The van der Waals surface area contributed by atoms with Crippen molar-refractivity contribution >= 4 is 5.69 Å². The molecule has 2 nitrogen and oxygen atoms in total. The van der Waals surface area contributed by atoms with Crippen LogP contribution in [0, 0.1) is 5.82 Å². The first-order valence-corrected chi connectivity index (χ1v) is 7.63. The molecule has 0 bridgehead atoms. The highest BCUT2D eigenvalue weighted by Gasteiger charge is 2.11. The summed E-state index contributed by atoms with van der Waals surface area (Å²) in [7, 11) is 0. The summed E-state index contributed by atoms with van der Waals surface area (Å²) < 4.78 is 13.5. The van der Waals surface area contributed by atoms with Crippen LogP contribution in [0.25, 0.3) is 0 Å². The summed E-state index contributed by atoms with van der Waals surface area (Å²) in [5.74, 6) is -0.113. The summed E-state index contributed by atoms with van der Waals surface area (Å²) in [5, 5.41) is 6.92. The van der Waals surface area contributed by atoms with Crippen LogP contribution in [0.5, 0.6) is 0 Å². The van der Waals surface area contributed by atoms with E-state index in [4.69, 9.17) is 0 Å². The molecule has 3 heteroatoms. The highest BCUT2D eigenvalue weighted by atomic mass is 19.1. The molecule has 0 spiro atoms. The fourth-order valence-electron chi connectivity index (χ4n) is 2.88. The summed E-state index contributed by atoms with van der Waals surface area (Å²) in [5.41, 5.74) is 4.79. The van der Waals surface area contributed by atoms with Crippen molar-refractivity contribution in [3.05, 3.63) is 65.0 Å². The van der Waals surface area contributed by atoms with E-state index < -0.39 is 0 Å². The summed E-state index contributed by atoms with van der Waals surface area (Å²) >= 11 is 0. The fourth-order valence-corrected chi connectivity index (χ4v) is 2.88. The van der Waals surface area contributed by atoms with Crippen molar-refractivity contribution in [3.8, 4) is 0 Å². The highest BCUT2D eigenvalue weighted by Crippen LogP contribution is 2.25. The van der Waals surface area contributed by atoms with Gasteiger partial charge < -0.3 is 10.6 Å². The zero-order chi connectivity index (χ0) is 14.5. The monoisotopic (exact) mass is 284 g/mol. The minimum atomic E-state index is -0.113. The van der Waals surface area contributed by atoms with Gasteiger partial charge in [-0.25, -0.2) is 4.39 Å². The molecule has 1 aliphatic heterocycles. The third kappa shape index (κ3) is 3.42. The van der Waals surface area contributed by atoms with Gasteiger partial charge in [-0.3, -0.25) is 0 Å². The number of hydrogen-bond donors (Lipinski definition) is 2. The number of anilines is 1. The van der Waals surface area contributed by atoms with Crippen LogP contribution in [0.3, 0.4) is 0 Å². The quantitative estimate of drug-likeness (QED) is 0.821. The Labute approximate surface area is 125 Å². The molecule has 110 valence electrons. The number of fused-ring (bicyclic) bond motifs is 1. The van der Waals surface area contributed by atoms with E-state index in [-0.39, 0.29) is 5.82 Å². The van der Waals surface area contributed by atoms with Gasteiger partial charge in [0.1, 0.15) is 5.82 Å². The number of nitrogens with one attached hydrogen (secondary N) is 2. The Balaban J connectivity index is 1.55. The van der Waals surface area contributed by atoms with Gasteiger partial charge in [0.05, 0.1) is 0 Å². The third-order valence-electron chi connectivity index (χ3n) is 4.01. The van der Waals surface area contributed by atoms with Gasteiger partial charge in [0.15, 0.2) is 0 Å². The summed E-state index contributed by atoms with van der Waals surface area (Å²) in [6.45, 7) is 2.66. The average Bonchev–Trinajstić information content (AvgIpc) is 2.53. The first kappa shape index (κ1) is 14.1. The van der Waals surface area contributed by atoms with Gasteiger partial charge in [0.2, 0.25) is 0 Å². The van der Waals surface area contributed by atoms with Gasteiger partial charge in [-0.2, -0.15) is 0 Å². The Kier molecular flexibility index (Phi) is 4.51. The first-order valence-electron chi connectivity index (χ1n) is 7.63. The van der Waals surface area contributed by atoms with Crippen molar-refractivity contribution in [3.63, 3.8) is 0 Å². The minimum absolute atomic E-state index is 0.113. The molecule has 2 aromatic rings. The van der Waals surface area contributed by atoms with Gasteiger partial charge in [-0.1, -0.05) is 36.4 Å². The van der Waals surface area contributed by atoms with Crippen LogP contribution >= 0.6 is 0 Å². The Hall–Kier alpha value is -1.87. The number of benzene rings is 2. The molecule has 0 saturated carbocycles. The molecule has 21 heavy (non-hydrogen) atoms. The largest absolute Gasteiger partial charge is 0.385 e. The SMILES string of the molecule is Fc1ccccc1CCNCc1cccc2c1NCCC2. The maximum atomic E-state index is 13.5. The average molecular weight is 284 g/mol. The lowest BCUT2D eigenvalue weighted by Crippen LogP contribution is -2.20. The van der Waals surface area contributed by atoms with Crippen LogP contribution in [0.2, 0.25) is 0 Å². The number of para-hydroxylation sites is 1. The van der Waals surface area contributed by atoms with Crippen LogP contribution in [0.15, 0.2) is 42.5 Å². The molecule has 1 aliphatic rings. The predicted octanol–water partition coefficient (Wildman–Crippen LogP) is 3.52. The lowest BCUT2D eigenvalue weighted by molar-refractivity contribution is 0.598. The van der Waals surface area contributed by atoms with Crippen molar-refractivity contribution in [2.75, 3.05) is 18.4 Å². The normalized spacial score (nSPS) is 13.6. The molecule has 0 unspecified atom stereocenters. The lowest BCUT2D eigenvalue weighted by atomic mass is 9.99. The number of rotatable bonds is 5. The molecular weight excluding hydrogens is 263 g/mol. The van der Waals surface area contributed by atoms with E-state index in [1.54, 1.807) is 6.07 Å². The molecule has 0 saturated heterocycles. The van der Waals surface area contributed by atoms with Crippen molar-refractivity contribution in [1.29, 1.82) is 0 Å². The van der Waals surface area contributed by atoms with Gasteiger partial charge in [-0.15, -0.1) is 0 Å². The van der Waals surface area contributed by atoms with E-state index in [9.17, 15) is 4.39 Å². The zero-order valence-corrected chi connectivity index (χ0v) is 12.2. The molecule has 0 radical (unpaired) electrons. The van der Waals surface area contributed by atoms with Crippen LogP contribution in [0.4, 0.5) is 10.1 Å². The smallest absolute Gasteiger partial charge is 0.126 e. The topological polar surface area (TPSA) is 24.1 Å². The Bertz CT molecular complexity index is 610. The molecule has 0 aliphatic carbocycles. The molecular formula is C18H21FN2. The Morgan fingerprint density at radius 3 is 2.81 bits per heavy atom. The van der Waals surface area contributed by atoms with Crippen LogP contribution in [0.1, 0.15) is 23.1 Å². The minimum Gasteiger partial charge on any atom is -0.385 e. The van der Waals surface area contributed by atoms with Gasteiger partial charge in [0, 0.05) is 18.8 Å². The predicted molar refractivity (Wildman–Crippen MR) is 85.1 cm³/mol. The highest BCUT2D eigenvalue weighted by molar-refractivity contribution is 5.59. The summed E-state index contributed by atoms with van der Waals surface area (Å²) in [6.07, 6.45) is 3.08. The number of halogens is 1. The second kappa shape index (κ2) is 6.72. The molecule has 3 rings (SSSR count). The number of hydrogen-bond acceptors (Lipinski definition) is 2. The molecule has 2 aromatic carbocycles. The molecule has 0 amide bonds. The molecule has 0 atom stereocenters. The van der Waals surface area contributed by atoms with E-state index in [1.165, 1.54) is 29.3 Å². The van der Waals surface area contributed by atoms with Crippen molar-refractivity contribution in [2.45, 2.75) is 25.8 Å². The number of aryl methyl sites for hydroxylation is 1. The zero-order valence-electron chi connectivity index (χ0n) is 12.2. The molecule has 1 heterocycles. The van der Waals surface area contributed by atoms with E-state index in [2.05, 4.69) is 28.8 Å². The molecule has 0 aromatic heterocycles. The van der Waals surface area contributed by atoms with Gasteiger partial charge in [0.25, 0.3) is 0 Å². The maximum absolute atomic E-state index is 13.5. The van der Waals surface area contributed by atoms with Crippen LogP contribution in [-0.2, 0) is 19.4 Å². The second-order valence-corrected chi connectivity index (χ2v) is 5.50. The third-order valence-corrected chi connectivity index (χ3v) is 4.01. The van der Waals surface area contributed by atoms with E-state index >= 15 is 0 Å². The van der Waals surface area contributed by atoms with Crippen molar-refractivity contribution in [2.24, 2.45) is 0 Å². The first-order chi connectivity index (χ1) is 10.3. The molecule has 2 N–H and O–H groups in total. The fraction of sp³-hybridized carbons (Fsp3) is 0.333.